The molecule has 1 saturated carbocycles. The van der Waals surface area contributed by atoms with Crippen LogP contribution in [0.4, 0.5) is 4.39 Å². The second-order valence-corrected chi connectivity index (χ2v) is 9.76. The van der Waals surface area contributed by atoms with Gasteiger partial charge < -0.3 is 5.32 Å². The molecule has 32 heavy (non-hydrogen) atoms. The highest BCUT2D eigenvalue weighted by atomic mass is 32.2. The van der Waals surface area contributed by atoms with Crippen LogP contribution in [0, 0.1) is 5.82 Å². The van der Waals surface area contributed by atoms with E-state index in [1.807, 2.05) is 0 Å². The van der Waals surface area contributed by atoms with Gasteiger partial charge in [-0.15, -0.1) is 0 Å². The number of amides is 1. The topological polar surface area (TPSA) is 107 Å². The van der Waals surface area contributed by atoms with Crippen LogP contribution in [-0.2, 0) is 16.4 Å². The summed E-state index contributed by atoms with van der Waals surface area (Å²) in [6.07, 6.45) is 7.35. The maximum Gasteiger partial charge on any atom is 0.253 e. The van der Waals surface area contributed by atoms with Crippen LogP contribution in [0.2, 0.25) is 0 Å². The lowest BCUT2D eigenvalue weighted by molar-refractivity contribution is 0.0952. The minimum atomic E-state index is -3.40. The molecule has 0 bridgehead atoms. The highest BCUT2D eigenvalue weighted by Crippen LogP contribution is 2.32. The number of halogens is 1. The lowest BCUT2D eigenvalue weighted by Gasteiger charge is -2.08. The molecule has 0 atom stereocenters. The first-order valence-electron chi connectivity index (χ1n) is 9.98. The third-order valence-electron chi connectivity index (χ3n) is 5.32. The fraction of sp³-hybridized carbons (Fsp3) is 0.182. The van der Waals surface area contributed by atoms with Crippen LogP contribution in [-0.4, -0.2) is 39.3 Å². The van der Waals surface area contributed by atoms with Crippen molar-refractivity contribution in [2.24, 2.45) is 0 Å². The summed E-state index contributed by atoms with van der Waals surface area (Å²) in [6, 6.07) is 9.01. The minimum absolute atomic E-state index is 0.0380. The minimum Gasteiger partial charge on any atom is -0.348 e. The number of carbonyl (C=O) groups is 1. The van der Waals surface area contributed by atoms with Crippen molar-refractivity contribution in [1.82, 2.24) is 25.1 Å². The summed E-state index contributed by atoms with van der Waals surface area (Å²) in [6.45, 7) is 0.136. The number of hydrogen-bond acceptors (Lipinski definition) is 6. The summed E-state index contributed by atoms with van der Waals surface area (Å²) in [5, 5.41) is 7.40. The van der Waals surface area contributed by atoms with Crippen molar-refractivity contribution in [3.63, 3.8) is 0 Å². The van der Waals surface area contributed by atoms with Crippen LogP contribution < -0.4 is 5.32 Å². The summed E-state index contributed by atoms with van der Waals surface area (Å²) in [5.41, 5.74) is 2.21. The molecule has 8 nitrogen and oxygen atoms in total. The third-order valence-corrected chi connectivity index (χ3v) is 7.48. The Bertz CT molecular complexity index is 1430. The molecule has 1 aliphatic rings. The summed E-state index contributed by atoms with van der Waals surface area (Å²) in [7, 11) is -3.40. The van der Waals surface area contributed by atoms with Crippen LogP contribution in [0.25, 0.3) is 16.6 Å². The monoisotopic (exact) mass is 451 g/mol. The zero-order valence-electron chi connectivity index (χ0n) is 16.8. The average molecular weight is 451 g/mol. The zero-order valence-corrected chi connectivity index (χ0v) is 17.6. The standard InChI is InChI=1S/C22H18FN5O3S/c23-15-1-3-16(4-2-15)28-20-13-24-11-19(18(20)12-27-28)22(29)26-10-14-7-8-25-21(9-14)32(30,31)17-5-6-17/h1-4,7-9,11-13,17H,5-6,10H2,(H,26,29). The van der Waals surface area contributed by atoms with Crippen molar-refractivity contribution in [2.75, 3.05) is 0 Å². The van der Waals surface area contributed by atoms with Gasteiger partial charge >= 0.3 is 0 Å². The Labute approximate surface area is 183 Å². The lowest BCUT2D eigenvalue weighted by atomic mass is 10.1. The van der Waals surface area contributed by atoms with E-state index in [0.29, 0.717) is 40.6 Å². The summed E-state index contributed by atoms with van der Waals surface area (Å²) in [5.74, 6) is -0.724. The molecule has 3 heterocycles. The molecular weight excluding hydrogens is 433 g/mol. The Balaban J connectivity index is 1.37. The molecule has 1 fully saturated rings. The van der Waals surface area contributed by atoms with E-state index in [1.165, 1.54) is 30.6 Å². The van der Waals surface area contributed by atoms with Gasteiger partial charge in [0.2, 0.25) is 0 Å². The van der Waals surface area contributed by atoms with Gasteiger partial charge in [-0.05, 0) is 54.8 Å². The molecule has 0 saturated heterocycles. The number of carbonyl (C=O) groups excluding carboxylic acids is 1. The van der Waals surface area contributed by atoms with Crippen LogP contribution in [0.1, 0.15) is 28.8 Å². The maximum atomic E-state index is 13.2. The number of rotatable bonds is 6. The average Bonchev–Trinajstić information content (AvgIpc) is 3.58. The molecule has 1 amide bonds. The van der Waals surface area contributed by atoms with Gasteiger partial charge in [-0.2, -0.15) is 5.10 Å². The molecule has 10 heteroatoms. The van der Waals surface area contributed by atoms with E-state index in [-0.39, 0.29) is 28.5 Å². The van der Waals surface area contributed by atoms with Gasteiger partial charge in [-0.25, -0.2) is 22.5 Å². The van der Waals surface area contributed by atoms with Gasteiger partial charge in [0, 0.05) is 24.3 Å². The Morgan fingerprint density at radius 2 is 1.91 bits per heavy atom. The number of aromatic nitrogens is 4. The van der Waals surface area contributed by atoms with Crippen LogP contribution >= 0.6 is 0 Å². The van der Waals surface area contributed by atoms with Crippen molar-refractivity contribution in [2.45, 2.75) is 29.7 Å². The van der Waals surface area contributed by atoms with Gasteiger partial charge in [0.25, 0.3) is 5.91 Å². The van der Waals surface area contributed by atoms with E-state index in [9.17, 15) is 17.6 Å². The second-order valence-electron chi connectivity index (χ2n) is 7.58. The van der Waals surface area contributed by atoms with E-state index >= 15 is 0 Å². The number of hydrogen-bond donors (Lipinski definition) is 1. The summed E-state index contributed by atoms with van der Waals surface area (Å²) in [4.78, 5) is 21.0. The highest BCUT2D eigenvalue weighted by molar-refractivity contribution is 7.92. The molecule has 4 aromatic rings. The molecule has 1 aliphatic carbocycles. The Morgan fingerprint density at radius 1 is 1.12 bits per heavy atom. The Kier molecular flexibility index (Phi) is 4.93. The first-order chi connectivity index (χ1) is 15.4. The number of sulfone groups is 1. The molecule has 3 aromatic heterocycles. The molecule has 0 unspecified atom stereocenters. The largest absolute Gasteiger partial charge is 0.348 e. The number of nitrogens with zero attached hydrogens (tertiary/aromatic N) is 4. The van der Waals surface area contributed by atoms with Gasteiger partial charge in [0.05, 0.1) is 34.4 Å². The van der Waals surface area contributed by atoms with Crippen molar-refractivity contribution < 1.29 is 17.6 Å². The SMILES string of the molecule is O=C(NCc1ccnc(S(=O)(=O)C2CC2)c1)c1cncc2c1cnn2-c1ccc(F)cc1. The number of benzene rings is 1. The van der Waals surface area contributed by atoms with Crippen LogP contribution in [0.15, 0.2) is 66.2 Å². The molecule has 1 aromatic carbocycles. The van der Waals surface area contributed by atoms with Crippen LogP contribution in [0.5, 0.6) is 0 Å². The number of pyridine rings is 2. The molecule has 0 spiro atoms. The first-order valence-corrected chi connectivity index (χ1v) is 11.5. The highest BCUT2D eigenvalue weighted by Gasteiger charge is 2.37. The molecular formula is C22H18FN5O3S. The Morgan fingerprint density at radius 3 is 2.66 bits per heavy atom. The Hall–Kier alpha value is -3.66. The van der Waals surface area contributed by atoms with Gasteiger partial charge in [0.1, 0.15) is 5.82 Å². The van der Waals surface area contributed by atoms with Gasteiger partial charge in [-0.3, -0.25) is 9.78 Å². The second kappa shape index (κ2) is 7.79. The van der Waals surface area contributed by atoms with E-state index in [1.54, 1.807) is 35.3 Å². The number of nitrogens with one attached hydrogen (secondary N) is 1. The molecule has 1 N–H and O–H groups in total. The lowest BCUT2D eigenvalue weighted by Crippen LogP contribution is -2.23. The quantitative estimate of drug-likeness (QED) is 0.483. The fourth-order valence-electron chi connectivity index (χ4n) is 3.45. The van der Waals surface area contributed by atoms with Gasteiger partial charge in [-0.1, -0.05) is 0 Å². The summed E-state index contributed by atoms with van der Waals surface area (Å²) >= 11 is 0. The predicted molar refractivity (Wildman–Crippen MR) is 114 cm³/mol. The van der Waals surface area contributed by atoms with Crippen molar-refractivity contribution in [3.8, 4) is 5.69 Å². The molecule has 0 radical (unpaired) electrons. The summed E-state index contributed by atoms with van der Waals surface area (Å²) < 4.78 is 39.6. The predicted octanol–water partition coefficient (Wildman–Crippen LogP) is 2.82. The first kappa shape index (κ1) is 20.3. The van der Waals surface area contributed by atoms with Crippen molar-refractivity contribution in [1.29, 1.82) is 0 Å². The third kappa shape index (κ3) is 3.73. The maximum absolute atomic E-state index is 13.2. The van der Waals surface area contributed by atoms with E-state index < -0.39 is 9.84 Å². The van der Waals surface area contributed by atoms with E-state index in [4.69, 9.17) is 0 Å². The van der Waals surface area contributed by atoms with Crippen molar-refractivity contribution >= 4 is 26.6 Å². The van der Waals surface area contributed by atoms with Crippen molar-refractivity contribution in [3.05, 3.63) is 78.1 Å². The fourth-order valence-corrected chi connectivity index (χ4v) is 5.07. The molecule has 162 valence electrons. The normalized spacial score (nSPS) is 13.9. The van der Waals surface area contributed by atoms with Gasteiger partial charge in [0.15, 0.2) is 14.9 Å². The van der Waals surface area contributed by atoms with E-state index in [2.05, 4.69) is 20.4 Å². The van der Waals surface area contributed by atoms with Crippen LogP contribution in [0.3, 0.4) is 0 Å². The van der Waals surface area contributed by atoms with E-state index in [0.717, 1.165) is 0 Å². The zero-order chi connectivity index (χ0) is 22.3. The molecule has 5 rings (SSSR count). The number of fused-ring (bicyclic) bond motifs is 1. The molecule has 0 aliphatic heterocycles. The smallest absolute Gasteiger partial charge is 0.253 e.